The maximum absolute atomic E-state index is 14.3. The van der Waals surface area contributed by atoms with E-state index in [0.717, 1.165) is 17.7 Å². The molecule has 0 spiro atoms. The number of alkyl halides is 5. The van der Waals surface area contributed by atoms with Crippen molar-refractivity contribution in [3.05, 3.63) is 77.7 Å². The minimum atomic E-state index is -4.53. The van der Waals surface area contributed by atoms with E-state index in [4.69, 9.17) is 0 Å². The van der Waals surface area contributed by atoms with E-state index in [1.165, 1.54) is 4.90 Å². The van der Waals surface area contributed by atoms with Crippen LogP contribution in [0.3, 0.4) is 0 Å². The summed E-state index contributed by atoms with van der Waals surface area (Å²) < 4.78 is 66.9. The average Bonchev–Trinajstić information content (AvgIpc) is 2.82. The van der Waals surface area contributed by atoms with Crippen LogP contribution in [0.1, 0.15) is 34.6 Å². The molecule has 0 saturated carbocycles. The first kappa shape index (κ1) is 24.6. The lowest BCUT2D eigenvalue weighted by molar-refractivity contribution is -0.137. The summed E-state index contributed by atoms with van der Waals surface area (Å²) in [5, 5.41) is 2.80. The lowest BCUT2D eigenvalue weighted by Gasteiger charge is -2.39. The van der Waals surface area contributed by atoms with Gasteiger partial charge in [-0.05, 0) is 30.7 Å². The third-order valence-electron chi connectivity index (χ3n) is 5.89. The number of hydrogen-bond donors (Lipinski definition) is 1. The molecule has 184 valence electrons. The third kappa shape index (κ3) is 5.75. The Balaban J connectivity index is 1.58. The Morgan fingerprint density at radius 1 is 1.11 bits per heavy atom. The second-order valence-electron chi connectivity index (χ2n) is 8.49. The molecule has 1 unspecified atom stereocenters. The zero-order valence-corrected chi connectivity index (χ0v) is 18.8. The van der Waals surface area contributed by atoms with Gasteiger partial charge in [-0.2, -0.15) is 13.2 Å². The van der Waals surface area contributed by atoms with Gasteiger partial charge < -0.3 is 10.2 Å². The third-order valence-corrected chi connectivity index (χ3v) is 5.89. The van der Waals surface area contributed by atoms with Crippen molar-refractivity contribution in [3.63, 3.8) is 0 Å². The number of halogens is 5. The van der Waals surface area contributed by atoms with E-state index in [1.807, 2.05) is 30.3 Å². The maximum atomic E-state index is 14.3. The molecule has 3 heterocycles. The molecule has 2 aromatic heterocycles. The van der Waals surface area contributed by atoms with Crippen molar-refractivity contribution in [2.75, 3.05) is 18.4 Å². The Morgan fingerprint density at radius 3 is 2.51 bits per heavy atom. The van der Waals surface area contributed by atoms with Gasteiger partial charge >= 0.3 is 6.18 Å². The number of nitrogens with zero attached hydrogens (tertiary/aromatic N) is 3. The van der Waals surface area contributed by atoms with Crippen LogP contribution in [0.4, 0.5) is 27.8 Å². The van der Waals surface area contributed by atoms with Gasteiger partial charge in [0.15, 0.2) is 0 Å². The van der Waals surface area contributed by atoms with E-state index in [1.54, 1.807) is 19.1 Å². The van der Waals surface area contributed by atoms with Crippen molar-refractivity contribution < 1.29 is 26.7 Å². The Bertz CT molecular complexity index is 1180. The fourth-order valence-corrected chi connectivity index (χ4v) is 4.07. The van der Waals surface area contributed by atoms with Crippen LogP contribution in [0, 0.1) is 6.92 Å². The highest BCUT2D eigenvalue weighted by Crippen LogP contribution is 2.34. The van der Waals surface area contributed by atoms with Crippen molar-refractivity contribution in [1.29, 1.82) is 0 Å². The quantitative estimate of drug-likeness (QED) is 0.458. The molecular formula is C25H23F5N4O. The molecule has 5 nitrogen and oxygen atoms in total. The number of pyridine rings is 2. The normalized spacial score (nSPS) is 17.8. The Morgan fingerprint density at radius 2 is 1.86 bits per heavy atom. The fraction of sp³-hybridized carbons (Fsp3) is 0.320. The molecule has 3 aromatic rings. The molecule has 4 rings (SSSR count). The molecule has 0 aliphatic carbocycles. The molecule has 1 amide bonds. The summed E-state index contributed by atoms with van der Waals surface area (Å²) in [7, 11) is 0. The highest BCUT2D eigenvalue weighted by Gasteiger charge is 2.42. The van der Waals surface area contributed by atoms with Gasteiger partial charge in [-0.25, -0.2) is 18.7 Å². The molecule has 1 aliphatic heterocycles. The fourth-order valence-electron chi connectivity index (χ4n) is 4.07. The zero-order chi connectivity index (χ0) is 25.2. The summed E-state index contributed by atoms with van der Waals surface area (Å²) in [5.74, 6) is -3.35. The molecule has 1 fully saturated rings. The smallest absolute Gasteiger partial charge is 0.368 e. The summed E-state index contributed by atoms with van der Waals surface area (Å²) in [6.07, 6.45) is -4.93. The number of nitrogens with one attached hydrogen (secondary N) is 1. The number of benzene rings is 1. The van der Waals surface area contributed by atoms with Crippen LogP contribution in [0.15, 0.2) is 60.8 Å². The van der Waals surface area contributed by atoms with Gasteiger partial charge in [-0.3, -0.25) is 4.79 Å². The number of carbonyl (C=O) groups is 1. The molecular weight excluding hydrogens is 467 g/mol. The van der Waals surface area contributed by atoms with E-state index in [2.05, 4.69) is 15.3 Å². The molecule has 0 radical (unpaired) electrons. The van der Waals surface area contributed by atoms with Crippen LogP contribution in [-0.2, 0) is 6.18 Å². The number of hydrogen-bond acceptors (Lipinski definition) is 4. The number of anilines is 1. The van der Waals surface area contributed by atoms with Crippen LogP contribution in [0.25, 0.3) is 11.1 Å². The molecule has 1 saturated heterocycles. The maximum Gasteiger partial charge on any atom is 0.417 e. The van der Waals surface area contributed by atoms with Crippen molar-refractivity contribution >= 4 is 11.7 Å². The van der Waals surface area contributed by atoms with Crippen LogP contribution in [0.2, 0.25) is 0 Å². The van der Waals surface area contributed by atoms with Crippen LogP contribution in [0.5, 0.6) is 0 Å². The van der Waals surface area contributed by atoms with Crippen LogP contribution in [-0.4, -0.2) is 45.8 Å². The van der Waals surface area contributed by atoms with E-state index in [9.17, 15) is 26.7 Å². The number of amides is 1. The summed E-state index contributed by atoms with van der Waals surface area (Å²) in [6, 6.07) is 13.8. The molecule has 10 heteroatoms. The highest BCUT2D eigenvalue weighted by atomic mass is 19.4. The highest BCUT2D eigenvalue weighted by molar-refractivity contribution is 5.99. The number of carbonyl (C=O) groups excluding carboxylic acids is 1. The first-order valence-electron chi connectivity index (χ1n) is 11.0. The number of piperidine rings is 1. The van der Waals surface area contributed by atoms with Crippen molar-refractivity contribution in [2.24, 2.45) is 0 Å². The summed E-state index contributed by atoms with van der Waals surface area (Å²) in [5.41, 5.74) is 1.23. The van der Waals surface area contributed by atoms with Gasteiger partial charge in [-0.15, -0.1) is 0 Å². The predicted octanol–water partition coefficient (Wildman–Crippen LogP) is 5.82. The molecule has 0 bridgehead atoms. The first-order chi connectivity index (χ1) is 16.5. The van der Waals surface area contributed by atoms with Gasteiger partial charge in [0.2, 0.25) is 0 Å². The first-order valence-corrected chi connectivity index (χ1v) is 11.0. The van der Waals surface area contributed by atoms with E-state index < -0.39 is 42.5 Å². The average molecular weight is 490 g/mol. The Kier molecular flexibility index (Phi) is 6.73. The lowest BCUT2D eigenvalue weighted by Crippen LogP contribution is -2.52. The van der Waals surface area contributed by atoms with Crippen molar-refractivity contribution in [3.8, 4) is 11.1 Å². The number of rotatable bonds is 5. The van der Waals surface area contributed by atoms with E-state index in [-0.39, 0.29) is 24.6 Å². The second kappa shape index (κ2) is 9.59. The summed E-state index contributed by atoms with van der Waals surface area (Å²) >= 11 is 0. The Hall–Kier alpha value is -3.56. The lowest BCUT2D eigenvalue weighted by atomic mass is 9.96. The number of aromatic nitrogens is 2. The van der Waals surface area contributed by atoms with Gasteiger partial charge in [0, 0.05) is 43.4 Å². The standard InChI is InChI=1S/C25H23F5N4O/c1-16-7-9-20(17-5-3-2-4-6-17)22(33-16)23(35)34-12-11-24(26,27)13-19(34)15-32-21-10-8-18(14-31-21)25(28,29)30/h2-10,14,19H,11-13,15H2,1H3,(H,31,32). The van der Waals surface area contributed by atoms with E-state index in [0.29, 0.717) is 17.5 Å². The topological polar surface area (TPSA) is 58.1 Å². The van der Waals surface area contributed by atoms with E-state index >= 15 is 0 Å². The predicted molar refractivity (Wildman–Crippen MR) is 121 cm³/mol. The number of likely N-dealkylation sites (tertiary alicyclic amines) is 1. The van der Waals surface area contributed by atoms with Crippen molar-refractivity contribution in [2.45, 2.75) is 37.9 Å². The molecule has 1 atom stereocenters. The number of aryl methyl sites for hydroxylation is 1. The largest absolute Gasteiger partial charge is 0.417 e. The zero-order valence-electron chi connectivity index (χ0n) is 18.8. The SMILES string of the molecule is Cc1ccc(-c2ccccc2)c(C(=O)N2CCC(F)(F)CC2CNc2ccc(C(F)(F)F)cn2)n1. The summed E-state index contributed by atoms with van der Waals surface area (Å²) in [4.78, 5) is 23.1. The van der Waals surface area contributed by atoms with Crippen molar-refractivity contribution in [1.82, 2.24) is 14.9 Å². The molecule has 1 aromatic carbocycles. The monoisotopic (exact) mass is 490 g/mol. The van der Waals surface area contributed by atoms with Gasteiger partial charge in [0.1, 0.15) is 11.5 Å². The minimum absolute atomic E-state index is 0.0953. The van der Waals surface area contributed by atoms with Crippen LogP contribution >= 0.6 is 0 Å². The Labute approximate surface area is 199 Å². The molecule has 1 aliphatic rings. The van der Waals surface area contributed by atoms with Gasteiger partial charge in [-0.1, -0.05) is 36.4 Å². The molecule has 35 heavy (non-hydrogen) atoms. The minimum Gasteiger partial charge on any atom is -0.368 e. The second-order valence-corrected chi connectivity index (χ2v) is 8.49. The summed E-state index contributed by atoms with van der Waals surface area (Å²) in [6.45, 7) is 1.46. The van der Waals surface area contributed by atoms with Gasteiger partial charge in [0.05, 0.1) is 11.6 Å². The molecule has 1 N–H and O–H groups in total. The van der Waals surface area contributed by atoms with Gasteiger partial charge in [0.25, 0.3) is 11.8 Å². The van der Waals surface area contributed by atoms with Crippen LogP contribution < -0.4 is 5.32 Å².